The van der Waals surface area contributed by atoms with Gasteiger partial charge in [0.15, 0.2) is 0 Å². The van der Waals surface area contributed by atoms with Gasteiger partial charge in [-0.15, -0.1) is 0 Å². The number of fused-ring (bicyclic) bond motifs is 5. The molecule has 1 N–H and O–H groups in total. The van der Waals surface area contributed by atoms with Crippen LogP contribution in [0.2, 0.25) is 0 Å². The summed E-state index contributed by atoms with van der Waals surface area (Å²) in [4.78, 5) is 11.4. The van der Waals surface area contributed by atoms with Crippen molar-refractivity contribution in [1.29, 1.82) is 0 Å². The molecule has 64 valence electrons. The van der Waals surface area contributed by atoms with Gasteiger partial charge < -0.3 is 5.11 Å². The molecule has 0 aromatic rings. The minimum Gasteiger partial charge on any atom is -0.392 e. The molecule has 2 heteroatoms. The van der Waals surface area contributed by atoms with Gasteiger partial charge >= 0.3 is 0 Å². The first kappa shape index (κ1) is 6.84. The van der Waals surface area contributed by atoms with Crippen LogP contribution in [-0.4, -0.2) is 17.0 Å². The maximum absolute atomic E-state index is 11.4. The zero-order valence-corrected chi connectivity index (χ0v) is 6.81. The van der Waals surface area contributed by atoms with Gasteiger partial charge in [0.05, 0.1) is 6.10 Å². The van der Waals surface area contributed by atoms with Crippen LogP contribution in [0.25, 0.3) is 0 Å². The van der Waals surface area contributed by atoms with Crippen LogP contribution < -0.4 is 0 Å². The van der Waals surface area contributed by atoms with Crippen molar-refractivity contribution >= 4 is 5.78 Å². The predicted octanol–water partition coefficient (Wildman–Crippen LogP) is 0.758. The van der Waals surface area contributed by atoms with E-state index in [0.717, 1.165) is 12.8 Å². The van der Waals surface area contributed by atoms with Crippen molar-refractivity contribution in [2.24, 2.45) is 23.7 Å². The van der Waals surface area contributed by atoms with Crippen LogP contribution in [0.3, 0.4) is 0 Å². The molecular weight excluding hydrogens is 152 g/mol. The number of aliphatic hydroxyl groups is 1. The van der Waals surface area contributed by atoms with Crippen molar-refractivity contribution in [2.75, 3.05) is 0 Å². The Morgan fingerprint density at radius 3 is 2.83 bits per heavy atom. The summed E-state index contributed by atoms with van der Waals surface area (Å²) in [5, 5.41) is 9.74. The van der Waals surface area contributed by atoms with Gasteiger partial charge in [-0.3, -0.25) is 4.79 Å². The van der Waals surface area contributed by atoms with Crippen molar-refractivity contribution in [3.8, 4) is 0 Å². The molecule has 0 aromatic heterocycles. The molecule has 0 aliphatic heterocycles. The highest BCUT2D eigenvalue weighted by atomic mass is 16.3. The van der Waals surface area contributed by atoms with E-state index < -0.39 is 0 Å². The summed E-state index contributed by atoms with van der Waals surface area (Å²) in [7, 11) is 0. The summed E-state index contributed by atoms with van der Waals surface area (Å²) in [5.74, 6) is 1.50. The number of carbonyl (C=O) groups excluding carboxylic acids is 1. The molecule has 0 saturated heterocycles. The summed E-state index contributed by atoms with van der Waals surface area (Å²) in [6, 6.07) is 0. The molecular formula is C10H12O2. The van der Waals surface area contributed by atoms with E-state index in [-0.39, 0.29) is 17.9 Å². The average Bonchev–Trinajstić information content (AvgIpc) is 2.66. The van der Waals surface area contributed by atoms with Crippen LogP contribution in [0.1, 0.15) is 12.8 Å². The normalized spacial score (nSPS) is 55.1. The summed E-state index contributed by atoms with van der Waals surface area (Å²) in [6.45, 7) is 0. The third-order valence-electron chi connectivity index (χ3n) is 3.81. The van der Waals surface area contributed by atoms with E-state index in [1.807, 2.05) is 6.08 Å². The van der Waals surface area contributed by atoms with Gasteiger partial charge in [-0.2, -0.15) is 0 Å². The smallest absolute Gasteiger partial charge is 0.136 e. The highest BCUT2D eigenvalue weighted by Gasteiger charge is 2.56. The van der Waals surface area contributed by atoms with Crippen molar-refractivity contribution in [3.05, 3.63) is 12.2 Å². The lowest BCUT2D eigenvalue weighted by atomic mass is 9.86. The van der Waals surface area contributed by atoms with Crippen molar-refractivity contribution in [3.63, 3.8) is 0 Å². The Morgan fingerprint density at radius 1 is 1.33 bits per heavy atom. The maximum atomic E-state index is 11.4. The van der Waals surface area contributed by atoms with Crippen LogP contribution in [0.5, 0.6) is 0 Å². The number of ketones is 1. The number of hydrogen-bond donors (Lipinski definition) is 1. The minimum absolute atomic E-state index is 0.162. The van der Waals surface area contributed by atoms with Crippen molar-refractivity contribution in [1.82, 2.24) is 0 Å². The Balaban J connectivity index is 2.03. The van der Waals surface area contributed by atoms with Gasteiger partial charge in [0.2, 0.25) is 0 Å². The molecule has 2 fully saturated rings. The van der Waals surface area contributed by atoms with Gasteiger partial charge in [0.25, 0.3) is 0 Å². The molecule has 0 unspecified atom stereocenters. The lowest BCUT2D eigenvalue weighted by molar-refractivity contribution is -0.122. The first-order valence-corrected chi connectivity index (χ1v) is 4.68. The van der Waals surface area contributed by atoms with Crippen LogP contribution in [0.15, 0.2) is 12.2 Å². The molecule has 12 heavy (non-hydrogen) atoms. The van der Waals surface area contributed by atoms with E-state index in [4.69, 9.17) is 0 Å². The molecule has 3 rings (SSSR count). The van der Waals surface area contributed by atoms with E-state index in [1.54, 1.807) is 0 Å². The molecule has 0 amide bonds. The number of aliphatic hydroxyl groups excluding tert-OH is 1. The lowest BCUT2D eigenvalue weighted by Gasteiger charge is -2.17. The molecule has 2 nitrogen and oxygen atoms in total. The highest BCUT2D eigenvalue weighted by molar-refractivity contribution is 5.85. The average molecular weight is 164 g/mol. The largest absolute Gasteiger partial charge is 0.392 e. The number of rotatable bonds is 0. The second-order valence-corrected chi connectivity index (χ2v) is 4.22. The molecule has 0 aromatic carbocycles. The fraction of sp³-hybridized carbons (Fsp3) is 0.700. The Labute approximate surface area is 71.3 Å². The summed E-state index contributed by atoms with van der Waals surface area (Å²) in [5.41, 5.74) is 0. The summed E-state index contributed by atoms with van der Waals surface area (Å²) < 4.78 is 0. The second-order valence-electron chi connectivity index (χ2n) is 4.22. The SMILES string of the molecule is O=C1CC[C@H]2[C@H]3C=C[C@H]([C@H]3O)[C@@H]12. The van der Waals surface area contributed by atoms with E-state index in [9.17, 15) is 9.90 Å². The first-order chi connectivity index (χ1) is 5.79. The Bertz CT molecular complexity index is 269. The summed E-state index contributed by atoms with van der Waals surface area (Å²) in [6.07, 6.45) is 5.65. The Morgan fingerprint density at radius 2 is 2.08 bits per heavy atom. The van der Waals surface area contributed by atoms with Gasteiger partial charge in [0.1, 0.15) is 5.78 Å². The topological polar surface area (TPSA) is 37.3 Å². The Kier molecular flexibility index (Phi) is 1.14. The molecule has 5 atom stereocenters. The zero-order valence-electron chi connectivity index (χ0n) is 6.81. The lowest BCUT2D eigenvalue weighted by Crippen LogP contribution is -2.20. The van der Waals surface area contributed by atoms with Crippen LogP contribution >= 0.6 is 0 Å². The van der Waals surface area contributed by atoms with Crippen molar-refractivity contribution in [2.45, 2.75) is 18.9 Å². The number of hydrogen-bond acceptors (Lipinski definition) is 2. The van der Waals surface area contributed by atoms with E-state index in [2.05, 4.69) is 6.08 Å². The third kappa shape index (κ3) is 0.589. The maximum Gasteiger partial charge on any atom is 0.136 e. The van der Waals surface area contributed by atoms with Crippen LogP contribution in [0, 0.1) is 23.7 Å². The van der Waals surface area contributed by atoms with E-state index in [0.29, 0.717) is 17.6 Å². The van der Waals surface area contributed by atoms with Gasteiger partial charge in [0, 0.05) is 24.2 Å². The third-order valence-corrected chi connectivity index (χ3v) is 3.81. The standard InChI is InChI=1S/C10H12O2/c11-8-4-3-5-6-1-2-7(9(5)8)10(6)12/h1-2,5-7,9-10,12H,3-4H2/t5-,6+,7-,9-,10-/m0/s1. The molecule has 0 spiro atoms. The second kappa shape index (κ2) is 1.99. The molecule has 2 saturated carbocycles. The quantitative estimate of drug-likeness (QED) is 0.537. The molecule has 0 radical (unpaired) electrons. The number of carbonyl (C=O) groups is 1. The van der Waals surface area contributed by atoms with Gasteiger partial charge in [-0.05, 0) is 12.3 Å². The van der Waals surface area contributed by atoms with Gasteiger partial charge in [-0.25, -0.2) is 0 Å². The monoisotopic (exact) mass is 164 g/mol. The molecule has 3 aliphatic rings. The van der Waals surface area contributed by atoms with Crippen molar-refractivity contribution < 1.29 is 9.90 Å². The minimum atomic E-state index is -0.246. The molecule has 2 bridgehead atoms. The highest BCUT2D eigenvalue weighted by Crippen LogP contribution is 2.53. The fourth-order valence-corrected chi connectivity index (χ4v) is 3.29. The molecule has 3 aliphatic carbocycles. The molecule has 0 heterocycles. The van der Waals surface area contributed by atoms with E-state index >= 15 is 0 Å². The van der Waals surface area contributed by atoms with Crippen LogP contribution in [0.4, 0.5) is 0 Å². The fourth-order valence-electron chi connectivity index (χ4n) is 3.29. The number of Topliss-reactive ketones (excluding diaryl/α,β-unsaturated/α-hetero) is 1. The predicted molar refractivity (Wildman–Crippen MR) is 43.3 cm³/mol. The zero-order chi connectivity index (χ0) is 8.29. The first-order valence-electron chi connectivity index (χ1n) is 4.68. The summed E-state index contributed by atoms with van der Waals surface area (Å²) >= 11 is 0. The Hall–Kier alpha value is -0.630. The van der Waals surface area contributed by atoms with Gasteiger partial charge in [-0.1, -0.05) is 12.2 Å². The van der Waals surface area contributed by atoms with Crippen LogP contribution in [-0.2, 0) is 4.79 Å². The van der Waals surface area contributed by atoms with E-state index in [1.165, 1.54) is 0 Å².